The molecule has 2 aliphatic rings. The topological polar surface area (TPSA) is 12.0 Å². The van der Waals surface area contributed by atoms with E-state index in [1.54, 1.807) is 0 Å². The number of nitrogens with one attached hydrogen (secondary N) is 1. The minimum absolute atomic E-state index is 1.02. The Hall–Kier alpha value is -0.0400. The predicted octanol–water partition coefficient (Wildman–Crippen LogP) is 3.20. The molecule has 0 aliphatic heterocycles. The molecule has 0 aromatic carbocycles. The van der Waals surface area contributed by atoms with Gasteiger partial charge in [-0.25, -0.2) is 0 Å². The largest absolute Gasteiger partial charge is 0.317 e. The molecule has 2 rings (SSSR count). The molecule has 0 radical (unpaired) electrons. The van der Waals surface area contributed by atoms with Gasteiger partial charge in [-0.1, -0.05) is 51.9 Å². The van der Waals surface area contributed by atoms with E-state index >= 15 is 0 Å². The summed E-state index contributed by atoms with van der Waals surface area (Å²) in [5, 5.41) is 3.57. The van der Waals surface area contributed by atoms with Crippen LogP contribution in [0, 0.1) is 17.8 Å². The summed E-state index contributed by atoms with van der Waals surface area (Å²) in [7, 11) is 0. The third-order valence-electron chi connectivity index (χ3n) is 4.39. The lowest BCUT2D eigenvalue weighted by atomic mass is 9.70. The van der Waals surface area contributed by atoms with Crippen LogP contribution in [-0.2, 0) is 0 Å². The normalized spacial score (nSPS) is 26.4. The van der Waals surface area contributed by atoms with Crippen molar-refractivity contribution in [2.45, 2.75) is 51.9 Å². The summed E-state index contributed by atoms with van der Waals surface area (Å²) in [6.07, 6.45) is 10.6. The van der Waals surface area contributed by atoms with Crippen LogP contribution in [0.3, 0.4) is 0 Å². The van der Waals surface area contributed by atoms with Gasteiger partial charge in [-0.05, 0) is 30.8 Å². The van der Waals surface area contributed by atoms with Crippen molar-refractivity contribution in [2.24, 2.45) is 17.8 Å². The first-order chi connectivity index (χ1) is 6.92. The molecule has 1 heteroatoms. The van der Waals surface area contributed by atoms with E-state index in [0.29, 0.717) is 0 Å². The first kappa shape index (κ1) is 10.5. The maximum absolute atomic E-state index is 3.57. The number of hydrogen-bond acceptors (Lipinski definition) is 1. The first-order valence-corrected chi connectivity index (χ1v) is 6.62. The Bertz CT molecular complexity index is 157. The molecule has 0 bridgehead atoms. The van der Waals surface area contributed by atoms with Gasteiger partial charge in [0.05, 0.1) is 0 Å². The zero-order valence-corrected chi connectivity index (χ0v) is 9.60. The molecule has 1 atom stereocenters. The van der Waals surface area contributed by atoms with Crippen LogP contribution in [-0.4, -0.2) is 13.1 Å². The summed E-state index contributed by atoms with van der Waals surface area (Å²) < 4.78 is 0. The summed E-state index contributed by atoms with van der Waals surface area (Å²) in [5.74, 6) is 3.17. The molecule has 2 saturated carbocycles. The van der Waals surface area contributed by atoms with Crippen molar-refractivity contribution in [3.05, 3.63) is 0 Å². The molecule has 1 nitrogen and oxygen atoms in total. The van der Waals surface area contributed by atoms with E-state index in [1.807, 2.05) is 0 Å². The van der Waals surface area contributed by atoms with Gasteiger partial charge in [0, 0.05) is 0 Å². The highest BCUT2D eigenvalue weighted by Crippen LogP contribution is 2.42. The van der Waals surface area contributed by atoms with E-state index in [-0.39, 0.29) is 0 Å². The van der Waals surface area contributed by atoms with Crippen LogP contribution in [0.15, 0.2) is 0 Å². The van der Waals surface area contributed by atoms with Crippen molar-refractivity contribution >= 4 is 0 Å². The van der Waals surface area contributed by atoms with Gasteiger partial charge in [0.15, 0.2) is 0 Å². The first-order valence-electron chi connectivity index (χ1n) is 6.62. The minimum Gasteiger partial charge on any atom is -0.317 e. The van der Waals surface area contributed by atoms with E-state index < -0.39 is 0 Å². The number of hydrogen-bond donors (Lipinski definition) is 1. The summed E-state index contributed by atoms with van der Waals surface area (Å²) >= 11 is 0. The highest BCUT2D eigenvalue weighted by atomic mass is 14.9. The van der Waals surface area contributed by atoms with Crippen LogP contribution in [0.4, 0.5) is 0 Å². The highest BCUT2D eigenvalue weighted by Gasteiger charge is 2.33. The lowest BCUT2D eigenvalue weighted by Crippen LogP contribution is -2.35. The Kier molecular flexibility index (Phi) is 3.86. The van der Waals surface area contributed by atoms with Gasteiger partial charge in [0.2, 0.25) is 0 Å². The molecule has 2 fully saturated rings. The fourth-order valence-electron chi connectivity index (χ4n) is 3.28. The van der Waals surface area contributed by atoms with Gasteiger partial charge < -0.3 is 5.32 Å². The third kappa shape index (κ3) is 2.31. The maximum Gasteiger partial charge on any atom is -0.00153 e. The van der Waals surface area contributed by atoms with Crippen molar-refractivity contribution in [3.63, 3.8) is 0 Å². The molecular weight excluding hydrogens is 170 g/mol. The average molecular weight is 195 g/mol. The van der Waals surface area contributed by atoms with E-state index in [9.17, 15) is 0 Å². The smallest absolute Gasteiger partial charge is 0.00153 e. The molecule has 2 aliphatic carbocycles. The molecule has 0 heterocycles. The van der Waals surface area contributed by atoms with Crippen molar-refractivity contribution in [1.82, 2.24) is 5.32 Å². The Morgan fingerprint density at radius 2 is 1.57 bits per heavy atom. The molecule has 82 valence electrons. The quantitative estimate of drug-likeness (QED) is 0.710. The van der Waals surface area contributed by atoms with Crippen LogP contribution in [0.5, 0.6) is 0 Å². The van der Waals surface area contributed by atoms with Gasteiger partial charge in [0.25, 0.3) is 0 Å². The predicted molar refractivity (Wildman–Crippen MR) is 61.3 cm³/mol. The summed E-state index contributed by atoms with van der Waals surface area (Å²) in [6, 6.07) is 0. The fraction of sp³-hybridized carbons (Fsp3) is 1.00. The third-order valence-corrected chi connectivity index (χ3v) is 4.39. The SMILES string of the molecule is CCNCC(C1CCCC1)C1CCC1. The molecule has 1 unspecified atom stereocenters. The Morgan fingerprint density at radius 3 is 2.00 bits per heavy atom. The molecule has 0 spiro atoms. The van der Waals surface area contributed by atoms with Crippen LogP contribution in [0.1, 0.15) is 51.9 Å². The van der Waals surface area contributed by atoms with Crippen molar-refractivity contribution in [1.29, 1.82) is 0 Å². The molecule has 0 aromatic rings. The van der Waals surface area contributed by atoms with E-state index in [4.69, 9.17) is 0 Å². The van der Waals surface area contributed by atoms with E-state index in [1.165, 1.54) is 51.5 Å². The second-order valence-corrected chi connectivity index (χ2v) is 5.21. The molecular formula is C13H25N. The Labute approximate surface area is 88.7 Å². The van der Waals surface area contributed by atoms with Gasteiger partial charge in [-0.2, -0.15) is 0 Å². The Morgan fingerprint density at radius 1 is 1.00 bits per heavy atom. The summed E-state index contributed by atoms with van der Waals surface area (Å²) in [5.41, 5.74) is 0. The average Bonchev–Trinajstić information content (AvgIpc) is 2.61. The Balaban J connectivity index is 1.83. The lowest BCUT2D eigenvalue weighted by Gasteiger charge is -2.37. The van der Waals surface area contributed by atoms with Gasteiger partial charge in [-0.15, -0.1) is 0 Å². The molecule has 0 saturated heterocycles. The monoisotopic (exact) mass is 195 g/mol. The van der Waals surface area contributed by atoms with Crippen LogP contribution in [0.2, 0.25) is 0 Å². The molecule has 0 aromatic heterocycles. The maximum atomic E-state index is 3.57. The summed E-state index contributed by atoms with van der Waals surface area (Å²) in [4.78, 5) is 0. The van der Waals surface area contributed by atoms with Gasteiger partial charge in [-0.3, -0.25) is 0 Å². The fourth-order valence-corrected chi connectivity index (χ4v) is 3.28. The van der Waals surface area contributed by atoms with Crippen molar-refractivity contribution < 1.29 is 0 Å². The second kappa shape index (κ2) is 5.16. The van der Waals surface area contributed by atoms with Crippen LogP contribution >= 0.6 is 0 Å². The zero-order valence-electron chi connectivity index (χ0n) is 9.60. The van der Waals surface area contributed by atoms with Crippen LogP contribution in [0.25, 0.3) is 0 Å². The van der Waals surface area contributed by atoms with E-state index in [2.05, 4.69) is 12.2 Å². The highest BCUT2D eigenvalue weighted by molar-refractivity contribution is 4.85. The molecule has 1 N–H and O–H groups in total. The lowest BCUT2D eigenvalue weighted by molar-refractivity contribution is 0.143. The zero-order chi connectivity index (χ0) is 9.80. The van der Waals surface area contributed by atoms with Gasteiger partial charge >= 0.3 is 0 Å². The van der Waals surface area contributed by atoms with Crippen molar-refractivity contribution in [2.75, 3.05) is 13.1 Å². The van der Waals surface area contributed by atoms with Crippen molar-refractivity contribution in [3.8, 4) is 0 Å². The summed E-state index contributed by atoms with van der Waals surface area (Å²) in [6.45, 7) is 4.67. The van der Waals surface area contributed by atoms with Gasteiger partial charge in [0.1, 0.15) is 0 Å². The molecule has 0 amide bonds. The standard InChI is InChI=1S/C13H25N/c1-2-14-10-13(12-8-5-9-12)11-6-3-4-7-11/h11-14H,2-10H2,1H3. The van der Waals surface area contributed by atoms with Crippen LogP contribution < -0.4 is 5.32 Å². The second-order valence-electron chi connectivity index (χ2n) is 5.21. The molecule has 14 heavy (non-hydrogen) atoms. The number of rotatable bonds is 5. The minimum atomic E-state index is 1.02. The van der Waals surface area contributed by atoms with E-state index in [0.717, 1.165) is 24.3 Å².